The van der Waals surface area contributed by atoms with Gasteiger partial charge in [-0.15, -0.1) is 0 Å². The predicted molar refractivity (Wildman–Crippen MR) is 76.9 cm³/mol. The monoisotopic (exact) mass is 297 g/mol. The highest BCUT2D eigenvalue weighted by molar-refractivity contribution is 7.92. The van der Waals surface area contributed by atoms with Crippen LogP contribution in [-0.2, 0) is 21.2 Å². The van der Waals surface area contributed by atoms with Crippen LogP contribution >= 0.6 is 0 Å². The van der Waals surface area contributed by atoms with E-state index in [2.05, 4.69) is 16.3 Å². The summed E-state index contributed by atoms with van der Waals surface area (Å²) < 4.78 is 25.2. The second-order valence-corrected chi connectivity index (χ2v) is 6.29. The molecule has 0 bridgehead atoms. The lowest BCUT2D eigenvalue weighted by Gasteiger charge is -2.21. The largest absolute Gasteiger partial charge is 0.369 e. The van der Waals surface area contributed by atoms with Gasteiger partial charge in [0.2, 0.25) is 15.9 Å². The highest BCUT2D eigenvalue weighted by atomic mass is 32.2. The fourth-order valence-electron chi connectivity index (χ4n) is 1.76. The highest BCUT2D eigenvalue weighted by Gasteiger charge is 2.23. The third-order valence-electron chi connectivity index (χ3n) is 3.14. The van der Waals surface area contributed by atoms with Crippen molar-refractivity contribution in [3.8, 4) is 0 Å². The lowest BCUT2D eigenvalue weighted by Crippen LogP contribution is -2.37. The summed E-state index contributed by atoms with van der Waals surface area (Å²) in [7, 11) is -3.52. The van der Waals surface area contributed by atoms with Gasteiger partial charge in [-0.25, -0.2) is 13.1 Å². The van der Waals surface area contributed by atoms with Crippen LogP contribution in [0.15, 0.2) is 36.5 Å². The molecular formula is C13H19N3O3S. The van der Waals surface area contributed by atoms with Crippen LogP contribution in [0.1, 0.15) is 12.5 Å². The molecule has 0 saturated heterocycles. The van der Waals surface area contributed by atoms with E-state index in [9.17, 15) is 13.2 Å². The van der Waals surface area contributed by atoms with Gasteiger partial charge in [-0.05, 0) is 24.0 Å². The molecule has 7 heteroatoms. The third-order valence-corrected chi connectivity index (χ3v) is 4.15. The number of hydrogen-bond acceptors (Lipinski definition) is 4. The molecular weight excluding hydrogens is 278 g/mol. The number of rotatable bonds is 8. The van der Waals surface area contributed by atoms with Crippen LogP contribution in [0.4, 0.5) is 0 Å². The van der Waals surface area contributed by atoms with Crippen molar-refractivity contribution in [1.29, 1.82) is 0 Å². The van der Waals surface area contributed by atoms with E-state index < -0.39 is 21.8 Å². The molecule has 0 fully saturated rings. The van der Waals surface area contributed by atoms with Crippen molar-refractivity contribution in [2.24, 2.45) is 17.6 Å². The molecule has 2 atom stereocenters. The second kappa shape index (κ2) is 7.16. The summed E-state index contributed by atoms with van der Waals surface area (Å²) in [6, 6.07) is 3.66. The minimum Gasteiger partial charge on any atom is -0.369 e. The van der Waals surface area contributed by atoms with Crippen LogP contribution in [0.5, 0.6) is 0 Å². The Kier molecular flexibility index (Phi) is 5.84. The quantitative estimate of drug-likeness (QED) is 0.726. The predicted octanol–water partition coefficient (Wildman–Crippen LogP) is 0.425. The van der Waals surface area contributed by atoms with Crippen molar-refractivity contribution < 1.29 is 13.2 Å². The van der Waals surface area contributed by atoms with Gasteiger partial charge in [0.25, 0.3) is 0 Å². The maximum Gasteiger partial charge on any atom is 0.233 e. The fraction of sp³-hybridized carbons (Fsp3) is 0.385. The summed E-state index contributed by atoms with van der Waals surface area (Å²) >= 11 is 0. The highest BCUT2D eigenvalue weighted by Crippen LogP contribution is 2.17. The number of carbonyl (C=O) groups excluding carboxylic acids is 1. The Hall–Kier alpha value is -1.73. The van der Waals surface area contributed by atoms with Crippen molar-refractivity contribution in [1.82, 2.24) is 9.71 Å². The van der Waals surface area contributed by atoms with E-state index in [4.69, 9.17) is 5.73 Å². The molecule has 0 aliphatic rings. The van der Waals surface area contributed by atoms with Crippen LogP contribution < -0.4 is 10.5 Å². The number of pyridine rings is 1. The van der Waals surface area contributed by atoms with Gasteiger partial charge in [0, 0.05) is 30.3 Å². The average molecular weight is 297 g/mol. The number of nitrogens with zero attached hydrogens (tertiary/aromatic N) is 1. The Bertz CT molecular complexity index is 557. The SMILES string of the molecule is C=CS(=O)(=O)NC[C@@H](Cc1cccnc1)C(C)C(N)=O. The van der Waals surface area contributed by atoms with Crippen molar-refractivity contribution in [3.05, 3.63) is 42.1 Å². The first-order valence-corrected chi connectivity index (χ1v) is 7.70. The Morgan fingerprint density at radius 1 is 1.60 bits per heavy atom. The molecule has 1 amide bonds. The van der Waals surface area contributed by atoms with Crippen molar-refractivity contribution in [2.45, 2.75) is 13.3 Å². The van der Waals surface area contributed by atoms with Crippen LogP contribution in [0.25, 0.3) is 0 Å². The Morgan fingerprint density at radius 3 is 2.80 bits per heavy atom. The van der Waals surface area contributed by atoms with Crippen LogP contribution in [0.3, 0.4) is 0 Å². The van der Waals surface area contributed by atoms with E-state index in [0.29, 0.717) is 6.42 Å². The molecule has 1 unspecified atom stereocenters. The zero-order valence-electron chi connectivity index (χ0n) is 11.3. The molecule has 1 rings (SSSR count). The van der Waals surface area contributed by atoms with E-state index in [0.717, 1.165) is 11.0 Å². The van der Waals surface area contributed by atoms with Crippen LogP contribution in [0, 0.1) is 11.8 Å². The number of hydrogen-bond donors (Lipinski definition) is 2. The van der Waals surface area contributed by atoms with Gasteiger partial charge >= 0.3 is 0 Å². The molecule has 1 heterocycles. The van der Waals surface area contributed by atoms with E-state index in [1.54, 1.807) is 25.4 Å². The van der Waals surface area contributed by atoms with E-state index in [-0.39, 0.29) is 12.5 Å². The lowest BCUT2D eigenvalue weighted by atomic mass is 9.88. The summed E-state index contributed by atoms with van der Waals surface area (Å²) in [5.74, 6) is -1.16. The molecule has 0 radical (unpaired) electrons. The Morgan fingerprint density at radius 2 is 2.30 bits per heavy atom. The number of primary amides is 1. The first kappa shape index (κ1) is 16.3. The van der Waals surface area contributed by atoms with E-state index in [1.165, 1.54) is 0 Å². The lowest BCUT2D eigenvalue weighted by molar-refractivity contribution is -0.122. The molecule has 0 saturated carbocycles. The number of nitrogens with one attached hydrogen (secondary N) is 1. The van der Waals surface area contributed by atoms with Crippen molar-refractivity contribution >= 4 is 15.9 Å². The molecule has 0 aromatic carbocycles. The number of nitrogens with two attached hydrogens (primary N) is 1. The minimum atomic E-state index is -3.52. The van der Waals surface area contributed by atoms with Gasteiger partial charge in [0.05, 0.1) is 0 Å². The summed E-state index contributed by atoms with van der Waals surface area (Å²) in [6.45, 7) is 5.03. The van der Waals surface area contributed by atoms with Gasteiger partial charge in [0.1, 0.15) is 0 Å². The molecule has 110 valence electrons. The molecule has 0 aliphatic carbocycles. The van der Waals surface area contributed by atoms with Crippen LogP contribution in [0.2, 0.25) is 0 Å². The second-order valence-electron chi connectivity index (χ2n) is 4.58. The molecule has 0 spiro atoms. The number of carbonyl (C=O) groups is 1. The normalized spacial score (nSPS) is 14.4. The molecule has 0 aliphatic heterocycles. The average Bonchev–Trinajstić information content (AvgIpc) is 2.43. The maximum absolute atomic E-state index is 11.4. The van der Waals surface area contributed by atoms with E-state index in [1.807, 2.05) is 6.07 Å². The van der Waals surface area contributed by atoms with Gasteiger partial charge < -0.3 is 5.73 Å². The molecule has 3 N–H and O–H groups in total. The molecule has 6 nitrogen and oxygen atoms in total. The maximum atomic E-state index is 11.4. The van der Waals surface area contributed by atoms with Gasteiger partial charge in [-0.2, -0.15) is 0 Å². The van der Waals surface area contributed by atoms with Crippen molar-refractivity contribution in [3.63, 3.8) is 0 Å². The zero-order chi connectivity index (χ0) is 15.2. The van der Waals surface area contributed by atoms with Gasteiger partial charge in [-0.3, -0.25) is 9.78 Å². The fourth-order valence-corrected chi connectivity index (χ4v) is 2.33. The number of sulfonamides is 1. The Balaban J connectivity index is 2.81. The van der Waals surface area contributed by atoms with Crippen molar-refractivity contribution in [2.75, 3.05) is 6.54 Å². The number of aromatic nitrogens is 1. The molecule has 1 aromatic heterocycles. The van der Waals surface area contributed by atoms with E-state index >= 15 is 0 Å². The van der Waals surface area contributed by atoms with Gasteiger partial charge in [-0.1, -0.05) is 19.6 Å². The standard InChI is InChI=1S/C13H19N3O3S/c1-3-20(18,19)16-9-12(10(2)13(14)17)7-11-5-4-6-15-8-11/h3-6,8,10,12,16H,1,7,9H2,2H3,(H2,14,17)/t10?,12-/m1/s1. The molecule has 1 aromatic rings. The summed E-state index contributed by atoms with van der Waals surface area (Å²) in [5, 5.41) is 0.836. The minimum absolute atomic E-state index is 0.118. The Labute approximate surface area is 119 Å². The number of amides is 1. The first-order valence-electron chi connectivity index (χ1n) is 6.16. The smallest absolute Gasteiger partial charge is 0.233 e. The summed E-state index contributed by atoms with van der Waals surface area (Å²) in [5.41, 5.74) is 6.23. The first-order chi connectivity index (χ1) is 9.35. The zero-order valence-corrected chi connectivity index (χ0v) is 12.1. The van der Waals surface area contributed by atoms with Crippen LogP contribution in [-0.4, -0.2) is 25.9 Å². The topological polar surface area (TPSA) is 102 Å². The summed E-state index contributed by atoms with van der Waals surface area (Å²) in [4.78, 5) is 15.3. The molecule has 20 heavy (non-hydrogen) atoms. The van der Waals surface area contributed by atoms with Gasteiger partial charge in [0.15, 0.2) is 0 Å². The third kappa shape index (κ3) is 5.10. The summed E-state index contributed by atoms with van der Waals surface area (Å²) in [6.07, 6.45) is 3.84.